The number of rotatable bonds is 2. The van der Waals surface area contributed by atoms with Gasteiger partial charge in [0.25, 0.3) is 6.71 Å². The fraction of sp³-hybridized carbons (Fsp3) is 0.0426. The maximum absolute atomic E-state index is 10.3. The van der Waals surface area contributed by atoms with Gasteiger partial charge in [-0.25, -0.2) is 0 Å². The normalized spacial score (nSPS) is 15.2. The molecule has 101 heavy (non-hydrogen) atoms. The molecule has 0 saturated heterocycles. The van der Waals surface area contributed by atoms with E-state index in [9.17, 15) is 19.2 Å². The highest BCUT2D eigenvalue weighted by molar-refractivity contribution is 7.00. The Morgan fingerprint density at radius 3 is 1.03 bits per heavy atom. The standard InChI is InChI=1S/C94H59BN4O2/c1-94(2,3)54-48-83-91-84(49-54)97(78-43-23-47-88-90(78)70-35-15-19-45-86(70)101-88)82-53-80-72(62-31-11-7-27-58(62)56-25-5-9-29-60(56)66-37-21-39-68-64-33-13-17-41-76(64)99(80)93(66)68)51-74(82)95(91)73-50-71-61-30-10-6-26-57(61)55-24-4-8-28-59(55)65-36-20-38-67-63-32-12-16-40-75(63)98(92(65)67)79(71)52-81(73)96(83)77-42-22-46-87-89(77)69-34-14-18-44-85(69)100-87/h4-53H,1-3H3/i12D,13D,16D,17D,20D,21D,32D,33D,36D,37D,38D,39D,40D,41D. The first-order valence-corrected chi connectivity index (χ1v) is 34.0. The summed E-state index contributed by atoms with van der Waals surface area (Å²) in [6, 6.07) is 67.3. The van der Waals surface area contributed by atoms with E-state index >= 15 is 0 Å². The van der Waals surface area contributed by atoms with E-state index in [4.69, 9.17) is 8.83 Å². The van der Waals surface area contributed by atoms with Crippen LogP contribution in [0.4, 0.5) is 34.1 Å². The SMILES string of the molecule is [2H]c1c([2H])c([2H])c2c(c1[2H])c1c([2H])c([2H])c([2H])c3c4ccccc4c4ccccc4c4cc5c(cc4n2c31)N(c1cccc2oc3ccccc3c12)c1cc(C(C)(C)C)cc2c1B5c1cc3c4ccccc4c4ccccc4c4c([2H])c([2H])c([2H])c5c6c([2H])c([2H])c([2H])c([2H])c6n(c3cc1N2c1cccc2oc3ccccc3c12)c45. The Morgan fingerprint density at radius 1 is 0.287 bits per heavy atom. The molecule has 470 valence electrons. The van der Waals surface area contributed by atoms with E-state index in [1.54, 1.807) is 0 Å². The molecular weight excluding hydrogens is 1230 g/mol. The lowest BCUT2D eigenvalue weighted by molar-refractivity contribution is 0.590. The van der Waals surface area contributed by atoms with Crippen molar-refractivity contribution in [1.29, 1.82) is 0 Å². The Labute approximate surface area is 599 Å². The molecule has 21 aromatic rings. The van der Waals surface area contributed by atoms with Crippen LogP contribution in [0.5, 0.6) is 0 Å². The van der Waals surface area contributed by atoms with Crippen LogP contribution in [0.15, 0.2) is 312 Å². The summed E-state index contributed by atoms with van der Waals surface area (Å²) in [7, 11) is 0. The molecule has 15 aromatic carbocycles. The summed E-state index contributed by atoms with van der Waals surface area (Å²) in [5.74, 6) is 0. The highest BCUT2D eigenvalue weighted by atomic mass is 16.3. The fourth-order valence-electron chi connectivity index (χ4n) is 17.5. The molecule has 0 fully saturated rings. The summed E-state index contributed by atoms with van der Waals surface area (Å²) >= 11 is 0. The van der Waals surface area contributed by atoms with Crippen LogP contribution in [0, 0.1) is 0 Å². The van der Waals surface area contributed by atoms with Gasteiger partial charge in [-0.1, -0.05) is 251 Å². The number of hydrogen-bond donors (Lipinski definition) is 0. The zero-order valence-corrected chi connectivity index (χ0v) is 54.5. The molecule has 8 heterocycles. The van der Waals surface area contributed by atoms with Crippen LogP contribution >= 0.6 is 0 Å². The lowest BCUT2D eigenvalue weighted by atomic mass is 9.33. The lowest BCUT2D eigenvalue weighted by Gasteiger charge is -2.45. The summed E-state index contributed by atoms with van der Waals surface area (Å²) in [6.45, 7) is 5.78. The summed E-state index contributed by atoms with van der Waals surface area (Å²) in [5, 5.41) is 10.9. The predicted molar refractivity (Wildman–Crippen MR) is 428 cm³/mol. The van der Waals surface area contributed by atoms with Gasteiger partial charge in [0.2, 0.25) is 0 Å². The molecule has 0 saturated carbocycles. The first-order chi connectivity index (χ1) is 55.6. The van der Waals surface area contributed by atoms with Gasteiger partial charge < -0.3 is 27.4 Å². The number of furan rings is 2. The van der Waals surface area contributed by atoms with Gasteiger partial charge in [-0.2, -0.15) is 0 Å². The lowest BCUT2D eigenvalue weighted by Crippen LogP contribution is -2.61. The quantitative estimate of drug-likeness (QED) is 0.162. The minimum atomic E-state index is -0.792. The van der Waals surface area contributed by atoms with Crippen molar-refractivity contribution in [3.63, 3.8) is 0 Å². The largest absolute Gasteiger partial charge is 0.456 e. The highest BCUT2D eigenvalue weighted by Gasteiger charge is 2.46. The zero-order chi connectivity index (χ0) is 78.4. The van der Waals surface area contributed by atoms with Crippen LogP contribution in [-0.4, -0.2) is 15.5 Å². The zero-order valence-electron chi connectivity index (χ0n) is 68.5. The van der Waals surface area contributed by atoms with Crippen molar-refractivity contribution in [2.75, 3.05) is 9.80 Å². The smallest absolute Gasteiger partial charge is 0.252 e. The Balaban J connectivity index is 1.02. The number of nitrogens with zero attached hydrogens (tertiary/aromatic N) is 4. The third-order valence-electron chi connectivity index (χ3n) is 21.7. The third kappa shape index (κ3) is 7.36. The molecule has 7 heteroatoms. The van der Waals surface area contributed by atoms with Crippen LogP contribution in [0.2, 0.25) is 0 Å². The maximum atomic E-state index is 10.3. The van der Waals surface area contributed by atoms with Gasteiger partial charge in [0.1, 0.15) is 22.3 Å². The predicted octanol–water partition coefficient (Wildman–Crippen LogP) is 24.0. The summed E-state index contributed by atoms with van der Waals surface area (Å²) in [4.78, 5) is 4.64. The average Bonchev–Trinajstić information content (AvgIpc) is 1.68. The van der Waals surface area contributed by atoms with E-state index in [1.807, 2.05) is 154 Å². The summed E-state index contributed by atoms with van der Waals surface area (Å²) < 4.78 is 156. The van der Waals surface area contributed by atoms with Gasteiger partial charge in [-0.05, 0) is 143 Å². The molecule has 0 amide bonds. The number of para-hydroxylation sites is 6. The number of hydrogen-bond acceptors (Lipinski definition) is 4. The van der Waals surface area contributed by atoms with Gasteiger partial charge in [-0.3, -0.25) is 0 Å². The highest BCUT2D eigenvalue weighted by Crippen LogP contribution is 2.53. The minimum absolute atomic E-state index is 0.0351. The molecule has 6 aromatic heterocycles. The van der Waals surface area contributed by atoms with Gasteiger partial charge in [0, 0.05) is 76.6 Å². The number of aromatic nitrogens is 2. The number of benzene rings is 15. The molecule has 0 aliphatic carbocycles. The first-order valence-electron chi connectivity index (χ1n) is 41.0. The monoisotopic (exact) mass is 1300 g/mol. The van der Waals surface area contributed by atoms with Gasteiger partial charge in [0.15, 0.2) is 0 Å². The van der Waals surface area contributed by atoms with Crippen LogP contribution in [0.25, 0.3) is 163 Å². The Hall–Kier alpha value is -12.8. The van der Waals surface area contributed by atoms with Crippen LogP contribution in [-0.2, 0) is 5.41 Å². The first kappa shape index (κ1) is 43.4. The minimum Gasteiger partial charge on any atom is -0.456 e. The van der Waals surface area contributed by atoms with Gasteiger partial charge in [-0.15, -0.1) is 0 Å². The molecule has 0 spiro atoms. The van der Waals surface area contributed by atoms with Crippen molar-refractivity contribution in [2.45, 2.75) is 26.2 Å². The van der Waals surface area contributed by atoms with Crippen molar-refractivity contribution >= 4 is 220 Å². The van der Waals surface area contributed by atoms with E-state index in [0.717, 1.165) is 87.8 Å². The van der Waals surface area contributed by atoms with Crippen molar-refractivity contribution in [3.05, 3.63) is 309 Å². The molecule has 0 bridgehead atoms. The number of fused-ring (bicyclic) bond motifs is 30. The second-order valence-corrected chi connectivity index (χ2v) is 27.9. The molecule has 0 atom stereocenters. The molecule has 0 radical (unpaired) electrons. The molecular formula is C94H59BN4O2. The van der Waals surface area contributed by atoms with E-state index in [-0.39, 0.29) is 90.6 Å². The van der Waals surface area contributed by atoms with E-state index in [1.165, 1.54) is 0 Å². The Bertz CT molecular complexity index is 7850. The second-order valence-electron chi connectivity index (χ2n) is 27.9. The van der Waals surface area contributed by atoms with Crippen LogP contribution in [0.1, 0.15) is 45.5 Å². The van der Waals surface area contributed by atoms with E-state index < -0.39 is 60.5 Å². The van der Waals surface area contributed by atoms with Crippen molar-refractivity contribution in [2.24, 2.45) is 0 Å². The van der Waals surface area contributed by atoms with Crippen LogP contribution < -0.4 is 26.2 Å². The Morgan fingerprint density at radius 2 is 0.624 bits per heavy atom. The van der Waals surface area contributed by atoms with E-state index in [2.05, 4.69) is 103 Å². The van der Waals surface area contributed by atoms with E-state index in [0.29, 0.717) is 77.1 Å². The average molecular weight is 1300 g/mol. The molecule has 0 N–H and O–H groups in total. The number of anilines is 6. The van der Waals surface area contributed by atoms with Crippen molar-refractivity contribution in [3.8, 4) is 0 Å². The molecule has 6 nitrogen and oxygen atoms in total. The van der Waals surface area contributed by atoms with Gasteiger partial charge >= 0.3 is 0 Å². The molecule has 23 rings (SSSR count). The molecule has 2 aliphatic rings. The second kappa shape index (κ2) is 19.9. The molecule has 2 aliphatic heterocycles. The third-order valence-corrected chi connectivity index (χ3v) is 21.7. The van der Waals surface area contributed by atoms with Crippen molar-refractivity contribution < 1.29 is 28.0 Å². The van der Waals surface area contributed by atoms with Gasteiger partial charge in [0.05, 0.1) is 74.4 Å². The molecule has 0 unspecified atom stereocenters. The van der Waals surface area contributed by atoms with Crippen LogP contribution in [0.3, 0.4) is 0 Å². The maximum Gasteiger partial charge on any atom is 0.252 e. The fourth-order valence-corrected chi connectivity index (χ4v) is 17.5. The van der Waals surface area contributed by atoms with Crippen molar-refractivity contribution in [1.82, 2.24) is 8.80 Å². The Kier molecular flexibility index (Phi) is 8.58. The summed E-state index contributed by atoms with van der Waals surface area (Å²) in [6.07, 6.45) is 0. The topological polar surface area (TPSA) is 41.6 Å². The summed E-state index contributed by atoms with van der Waals surface area (Å²) in [5.41, 5.74) is 11.2.